The second-order valence-electron chi connectivity index (χ2n) is 7.38. The monoisotopic (exact) mass is 340 g/mol. The summed E-state index contributed by atoms with van der Waals surface area (Å²) in [6.07, 6.45) is 5.27. The van der Waals surface area contributed by atoms with E-state index < -0.39 is 0 Å². The van der Waals surface area contributed by atoms with Crippen molar-refractivity contribution < 1.29 is 14.1 Å². The third-order valence-electron chi connectivity index (χ3n) is 5.91. The van der Waals surface area contributed by atoms with E-state index in [0.29, 0.717) is 23.1 Å². The highest BCUT2D eigenvalue weighted by molar-refractivity contribution is 5.93. The first kappa shape index (κ1) is 16.2. The number of amides is 1. The van der Waals surface area contributed by atoms with Crippen LogP contribution in [0, 0.1) is 17.8 Å². The van der Waals surface area contributed by atoms with Crippen molar-refractivity contribution >= 4 is 5.91 Å². The van der Waals surface area contributed by atoms with Crippen LogP contribution >= 0.6 is 0 Å². The molecule has 0 aliphatic heterocycles. The first-order chi connectivity index (χ1) is 12.2. The Balaban J connectivity index is 1.45. The predicted molar refractivity (Wildman–Crippen MR) is 94.4 cm³/mol. The summed E-state index contributed by atoms with van der Waals surface area (Å²) in [7, 11) is 1.61. The molecule has 2 fully saturated rings. The van der Waals surface area contributed by atoms with Crippen molar-refractivity contribution in [2.75, 3.05) is 7.11 Å². The van der Waals surface area contributed by atoms with E-state index in [0.717, 1.165) is 17.4 Å². The Morgan fingerprint density at radius 3 is 2.88 bits per heavy atom. The Labute approximate surface area is 147 Å². The number of nitrogens with zero attached hydrogens (tertiary/aromatic N) is 1. The smallest absolute Gasteiger partial charge is 0.273 e. The van der Waals surface area contributed by atoms with Crippen molar-refractivity contribution in [1.82, 2.24) is 10.5 Å². The lowest BCUT2D eigenvalue weighted by molar-refractivity contribution is 0.0906. The van der Waals surface area contributed by atoms with Gasteiger partial charge in [0.15, 0.2) is 11.5 Å². The van der Waals surface area contributed by atoms with Gasteiger partial charge in [-0.3, -0.25) is 4.79 Å². The molecule has 1 aromatic carbocycles. The number of ether oxygens (including phenoxy) is 1. The predicted octanol–water partition coefficient (Wildman–Crippen LogP) is 3.90. The summed E-state index contributed by atoms with van der Waals surface area (Å²) in [5, 5.41) is 7.08. The van der Waals surface area contributed by atoms with E-state index in [1.165, 1.54) is 25.7 Å². The number of fused-ring (bicyclic) bond motifs is 2. The topological polar surface area (TPSA) is 64.4 Å². The van der Waals surface area contributed by atoms with E-state index in [9.17, 15) is 4.79 Å². The molecule has 4 unspecified atom stereocenters. The number of hydrogen-bond donors (Lipinski definition) is 1. The van der Waals surface area contributed by atoms with Gasteiger partial charge < -0.3 is 14.6 Å². The molecule has 4 atom stereocenters. The summed E-state index contributed by atoms with van der Waals surface area (Å²) >= 11 is 0. The molecule has 2 saturated carbocycles. The summed E-state index contributed by atoms with van der Waals surface area (Å²) in [5.41, 5.74) is 1.11. The highest BCUT2D eigenvalue weighted by Crippen LogP contribution is 2.49. The molecule has 0 spiro atoms. The number of para-hydroxylation sites is 1. The zero-order valence-corrected chi connectivity index (χ0v) is 14.7. The van der Waals surface area contributed by atoms with Crippen molar-refractivity contribution in [1.29, 1.82) is 0 Å². The molecule has 25 heavy (non-hydrogen) atoms. The van der Waals surface area contributed by atoms with Gasteiger partial charge in [0, 0.05) is 12.1 Å². The summed E-state index contributed by atoms with van der Waals surface area (Å²) in [5.74, 6) is 3.32. The van der Waals surface area contributed by atoms with E-state index in [1.807, 2.05) is 24.3 Å². The van der Waals surface area contributed by atoms with Crippen molar-refractivity contribution in [3.05, 3.63) is 36.0 Å². The van der Waals surface area contributed by atoms with E-state index in [4.69, 9.17) is 9.26 Å². The van der Waals surface area contributed by atoms with Crippen LogP contribution in [0.3, 0.4) is 0 Å². The summed E-state index contributed by atoms with van der Waals surface area (Å²) in [6, 6.07) is 9.39. The Hall–Kier alpha value is -2.30. The maximum Gasteiger partial charge on any atom is 0.273 e. The number of carbonyl (C=O) groups is 1. The van der Waals surface area contributed by atoms with Gasteiger partial charge in [-0.15, -0.1) is 0 Å². The molecule has 2 aromatic rings. The van der Waals surface area contributed by atoms with Crippen LogP contribution in [0.2, 0.25) is 0 Å². The number of aromatic nitrogens is 1. The molecule has 1 amide bonds. The lowest BCUT2D eigenvalue weighted by atomic mass is 9.84. The average Bonchev–Trinajstić information content (AvgIpc) is 3.37. The van der Waals surface area contributed by atoms with E-state index >= 15 is 0 Å². The fourth-order valence-electron chi connectivity index (χ4n) is 4.65. The highest BCUT2D eigenvalue weighted by Gasteiger charge is 2.42. The molecule has 1 heterocycles. The lowest BCUT2D eigenvalue weighted by Crippen LogP contribution is -2.40. The van der Waals surface area contributed by atoms with Crippen LogP contribution in [0.5, 0.6) is 5.75 Å². The minimum Gasteiger partial charge on any atom is -0.496 e. The SMILES string of the molecule is COc1ccccc1-c1cc(C(=O)NC(C)C2CC3CCC2C3)no1. The molecular weight excluding hydrogens is 316 g/mol. The number of carbonyl (C=O) groups excluding carboxylic acids is 1. The second-order valence-corrected chi connectivity index (χ2v) is 7.38. The van der Waals surface area contributed by atoms with Crippen LogP contribution in [-0.4, -0.2) is 24.2 Å². The van der Waals surface area contributed by atoms with Gasteiger partial charge in [-0.1, -0.05) is 23.7 Å². The van der Waals surface area contributed by atoms with Crippen LogP contribution in [0.25, 0.3) is 11.3 Å². The third kappa shape index (κ3) is 3.03. The van der Waals surface area contributed by atoms with Crippen molar-refractivity contribution in [2.45, 2.75) is 38.6 Å². The number of benzene rings is 1. The van der Waals surface area contributed by atoms with Crippen LogP contribution in [0.4, 0.5) is 0 Å². The molecule has 0 radical (unpaired) electrons. The molecule has 5 nitrogen and oxygen atoms in total. The fourth-order valence-corrected chi connectivity index (χ4v) is 4.65. The maximum atomic E-state index is 12.6. The first-order valence-corrected chi connectivity index (χ1v) is 9.06. The summed E-state index contributed by atoms with van der Waals surface area (Å²) < 4.78 is 10.7. The van der Waals surface area contributed by atoms with Crippen molar-refractivity contribution in [3.8, 4) is 17.1 Å². The second kappa shape index (κ2) is 6.54. The molecule has 1 N–H and O–H groups in total. The molecule has 1 aromatic heterocycles. The van der Waals surface area contributed by atoms with Gasteiger partial charge in [0.05, 0.1) is 12.7 Å². The molecule has 5 heteroatoms. The standard InChI is InChI=1S/C20H24N2O3/c1-12(16-10-13-7-8-14(16)9-13)21-20(23)17-11-19(25-22-17)15-5-3-4-6-18(15)24-2/h3-6,11-14,16H,7-10H2,1-2H3,(H,21,23). The summed E-state index contributed by atoms with van der Waals surface area (Å²) in [6.45, 7) is 2.12. The number of rotatable bonds is 5. The zero-order chi connectivity index (χ0) is 17.4. The zero-order valence-electron chi connectivity index (χ0n) is 14.7. The normalized spacial score (nSPS) is 25.8. The Kier molecular flexibility index (Phi) is 4.24. The Morgan fingerprint density at radius 2 is 2.16 bits per heavy atom. The Morgan fingerprint density at radius 1 is 1.32 bits per heavy atom. The molecule has 0 saturated heterocycles. The van der Waals surface area contributed by atoms with E-state index in [-0.39, 0.29) is 11.9 Å². The van der Waals surface area contributed by atoms with Gasteiger partial charge in [0.2, 0.25) is 0 Å². The molecule has 2 bridgehead atoms. The third-order valence-corrected chi connectivity index (χ3v) is 5.91. The number of hydrogen-bond acceptors (Lipinski definition) is 4. The molecule has 2 aliphatic carbocycles. The van der Waals surface area contributed by atoms with E-state index in [1.54, 1.807) is 13.2 Å². The largest absolute Gasteiger partial charge is 0.496 e. The molecule has 2 aliphatic rings. The van der Waals surface area contributed by atoms with Gasteiger partial charge in [0.25, 0.3) is 5.91 Å². The van der Waals surface area contributed by atoms with Crippen LogP contribution in [0.1, 0.15) is 43.1 Å². The van der Waals surface area contributed by atoms with Gasteiger partial charge in [-0.2, -0.15) is 0 Å². The van der Waals surface area contributed by atoms with Gasteiger partial charge in [-0.25, -0.2) is 0 Å². The minimum atomic E-state index is -0.167. The summed E-state index contributed by atoms with van der Waals surface area (Å²) in [4.78, 5) is 12.6. The van der Waals surface area contributed by atoms with Gasteiger partial charge in [0.1, 0.15) is 5.75 Å². The van der Waals surface area contributed by atoms with Gasteiger partial charge >= 0.3 is 0 Å². The number of methoxy groups -OCH3 is 1. The van der Waals surface area contributed by atoms with Crippen LogP contribution < -0.4 is 10.1 Å². The maximum absolute atomic E-state index is 12.6. The fraction of sp³-hybridized carbons (Fsp3) is 0.500. The minimum absolute atomic E-state index is 0.167. The highest BCUT2D eigenvalue weighted by atomic mass is 16.5. The van der Waals surface area contributed by atoms with Crippen molar-refractivity contribution in [2.24, 2.45) is 17.8 Å². The van der Waals surface area contributed by atoms with Crippen LogP contribution in [0.15, 0.2) is 34.9 Å². The van der Waals surface area contributed by atoms with Crippen LogP contribution in [-0.2, 0) is 0 Å². The Bertz CT molecular complexity index is 770. The molecule has 132 valence electrons. The van der Waals surface area contributed by atoms with E-state index in [2.05, 4.69) is 17.4 Å². The first-order valence-electron chi connectivity index (χ1n) is 9.06. The van der Waals surface area contributed by atoms with Crippen molar-refractivity contribution in [3.63, 3.8) is 0 Å². The quantitative estimate of drug-likeness (QED) is 0.896. The molecule has 4 rings (SSSR count). The lowest BCUT2D eigenvalue weighted by Gasteiger charge is -2.28. The number of nitrogens with one attached hydrogen (secondary N) is 1. The molecular formula is C20H24N2O3. The van der Waals surface area contributed by atoms with Gasteiger partial charge in [-0.05, 0) is 56.1 Å². The average molecular weight is 340 g/mol.